The number of hydroxylamine groups is 3. The first kappa shape index (κ1) is 13.2. The highest BCUT2D eigenvalue weighted by atomic mass is 16.5. The molecule has 118 valence electrons. The summed E-state index contributed by atoms with van der Waals surface area (Å²) in [5.74, 6) is 1.02. The van der Waals surface area contributed by atoms with Gasteiger partial charge in [-0.25, -0.2) is 0 Å². The van der Waals surface area contributed by atoms with Crippen LogP contribution in [0, 0.1) is 16.5 Å². The molecule has 0 radical (unpaired) electrons. The van der Waals surface area contributed by atoms with Gasteiger partial charge in [-0.05, 0) is 6.42 Å². The molecule has 5 nitrogen and oxygen atoms in total. The zero-order chi connectivity index (χ0) is 15.3. The van der Waals surface area contributed by atoms with Crippen molar-refractivity contribution < 1.29 is 19.6 Å². The van der Waals surface area contributed by atoms with E-state index in [4.69, 9.17) is 4.74 Å². The largest absolute Gasteiger partial charge is 0.633 e. The maximum Gasteiger partial charge on any atom is 0.161 e. The standard InChI is InChI=1S/C17H21NO4/c1-18(21)7-6-17-10-3-5-13(20)16(17)22-15-12(19)4-2-9(14(15)17)8-11(10)18/h3,5,10-11,13,16,19-20H,2,4,6-8H2,1H3/t10-,11-,13-,16-,17-,18?/m0/s1. The quantitative estimate of drug-likeness (QED) is 0.407. The molecule has 5 rings (SSSR count). The lowest BCUT2D eigenvalue weighted by atomic mass is 9.52. The highest BCUT2D eigenvalue weighted by molar-refractivity contribution is 5.52. The zero-order valence-corrected chi connectivity index (χ0v) is 12.7. The molecule has 5 aliphatic rings. The maximum absolute atomic E-state index is 13.0. The first-order valence-electron chi connectivity index (χ1n) is 8.19. The zero-order valence-electron chi connectivity index (χ0n) is 12.7. The van der Waals surface area contributed by atoms with Crippen molar-refractivity contribution in [2.75, 3.05) is 13.6 Å². The fourth-order valence-corrected chi connectivity index (χ4v) is 5.69. The van der Waals surface area contributed by atoms with Gasteiger partial charge >= 0.3 is 0 Å². The Hall–Kier alpha value is -1.30. The third-order valence-corrected chi connectivity index (χ3v) is 6.69. The Morgan fingerprint density at radius 2 is 2.18 bits per heavy atom. The average molecular weight is 303 g/mol. The monoisotopic (exact) mass is 303 g/mol. The molecule has 6 atom stereocenters. The van der Waals surface area contributed by atoms with Gasteiger partial charge in [-0.3, -0.25) is 0 Å². The van der Waals surface area contributed by atoms with Crippen LogP contribution in [0.3, 0.4) is 0 Å². The molecule has 3 aliphatic carbocycles. The van der Waals surface area contributed by atoms with E-state index in [0.29, 0.717) is 24.5 Å². The Labute approximate surface area is 129 Å². The van der Waals surface area contributed by atoms with Crippen molar-refractivity contribution in [3.05, 3.63) is 40.0 Å². The Morgan fingerprint density at radius 3 is 3.00 bits per heavy atom. The van der Waals surface area contributed by atoms with Crippen molar-refractivity contribution in [1.29, 1.82) is 0 Å². The summed E-state index contributed by atoms with van der Waals surface area (Å²) in [7, 11) is 1.78. The number of allylic oxidation sites excluding steroid dienone is 2. The molecular weight excluding hydrogens is 282 g/mol. The molecule has 2 fully saturated rings. The molecular formula is C17H21NO4. The molecule has 0 aromatic heterocycles. The van der Waals surface area contributed by atoms with Crippen molar-refractivity contribution in [2.45, 2.75) is 43.9 Å². The van der Waals surface area contributed by atoms with Crippen LogP contribution in [-0.2, 0) is 4.74 Å². The number of aliphatic hydroxyl groups is 2. The molecule has 0 amide bonds. The predicted molar refractivity (Wildman–Crippen MR) is 79.3 cm³/mol. The first-order valence-corrected chi connectivity index (χ1v) is 8.19. The number of hydrogen-bond donors (Lipinski definition) is 2. The van der Waals surface area contributed by atoms with Crippen molar-refractivity contribution >= 4 is 0 Å². The van der Waals surface area contributed by atoms with Gasteiger partial charge < -0.3 is 24.8 Å². The minimum atomic E-state index is -0.668. The predicted octanol–water partition coefficient (Wildman–Crippen LogP) is 1.90. The fourth-order valence-electron chi connectivity index (χ4n) is 5.69. The van der Waals surface area contributed by atoms with E-state index >= 15 is 0 Å². The van der Waals surface area contributed by atoms with Gasteiger partial charge in [0.2, 0.25) is 0 Å². The van der Waals surface area contributed by atoms with Crippen LogP contribution in [0.5, 0.6) is 0 Å². The second-order valence-corrected chi connectivity index (χ2v) is 7.65. The molecule has 22 heavy (non-hydrogen) atoms. The number of hydrogen-bond acceptors (Lipinski definition) is 4. The van der Waals surface area contributed by atoms with Crippen LogP contribution < -0.4 is 0 Å². The van der Waals surface area contributed by atoms with Gasteiger partial charge in [0.1, 0.15) is 18.0 Å². The summed E-state index contributed by atoms with van der Waals surface area (Å²) in [6.45, 7) is 0.548. The van der Waals surface area contributed by atoms with Gasteiger partial charge in [-0.2, -0.15) is 0 Å². The summed E-state index contributed by atoms with van der Waals surface area (Å²) in [5.41, 5.74) is 2.10. The summed E-state index contributed by atoms with van der Waals surface area (Å²) >= 11 is 0. The molecule has 2 heterocycles. The number of nitrogens with zero attached hydrogens (tertiary/aromatic N) is 1. The third-order valence-electron chi connectivity index (χ3n) is 6.69. The Bertz CT molecular complexity index is 662. The summed E-state index contributed by atoms with van der Waals surface area (Å²) in [5, 5.41) is 33.7. The molecule has 2 saturated heterocycles. The average Bonchev–Trinajstić information content (AvgIpc) is 2.84. The maximum atomic E-state index is 13.0. The Balaban J connectivity index is 1.80. The molecule has 1 spiro atoms. The minimum Gasteiger partial charge on any atom is -0.633 e. The van der Waals surface area contributed by atoms with E-state index in [0.717, 1.165) is 24.8 Å². The van der Waals surface area contributed by atoms with E-state index < -0.39 is 6.10 Å². The van der Waals surface area contributed by atoms with E-state index in [1.165, 1.54) is 5.57 Å². The number of aliphatic hydroxyl groups excluding tert-OH is 2. The number of quaternary nitrogens is 1. The van der Waals surface area contributed by atoms with Crippen molar-refractivity contribution in [3.8, 4) is 0 Å². The SMILES string of the molecule is C[N+]1([O-])CC[C@]23C4=C5CCC(O)=C4O[C@H]2[C@@H](O)C=C[C@H]3[C@@H]1C5. The summed E-state index contributed by atoms with van der Waals surface area (Å²) in [4.78, 5) is 0. The van der Waals surface area contributed by atoms with Gasteiger partial charge in [0.05, 0.1) is 25.0 Å². The van der Waals surface area contributed by atoms with Crippen LogP contribution in [0.15, 0.2) is 34.8 Å². The van der Waals surface area contributed by atoms with Gasteiger partial charge in [-0.15, -0.1) is 0 Å². The van der Waals surface area contributed by atoms with Crippen LogP contribution in [0.1, 0.15) is 25.7 Å². The van der Waals surface area contributed by atoms with Crippen LogP contribution in [0.25, 0.3) is 0 Å². The molecule has 0 aromatic rings. The molecule has 2 aliphatic heterocycles. The molecule has 0 saturated carbocycles. The molecule has 1 unspecified atom stereocenters. The molecule has 2 N–H and O–H groups in total. The van der Waals surface area contributed by atoms with Crippen LogP contribution in [0.2, 0.25) is 0 Å². The number of likely N-dealkylation sites (tertiary alicyclic amines) is 1. The van der Waals surface area contributed by atoms with Crippen LogP contribution in [-0.4, -0.2) is 46.7 Å². The summed E-state index contributed by atoms with van der Waals surface area (Å²) < 4.78 is 5.87. The second kappa shape index (κ2) is 3.78. The normalized spacial score (nSPS) is 51.8. The van der Waals surface area contributed by atoms with E-state index in [1.54, 1.807) is 13.1 Å². The topological polar surface area (TPSA) is 72.8 Å². The van der Waals surface area contributed by atoms with Crippen LogP contribution in [0.4, 0.5) is 0 Å². The smallest absolute Gasteiger partial charge is 0.161 e. The number of ether oxygens (including phenoxy) is 1. The van der Waals surface area contributed by atoms with Crippen molar-refractivity contribution in [3.63, 3.8) is 0 Å². The first-order chi connectivity index (χ1) is 10.4. The van der Waals surface area contributed by atoms with Crippen molar-refractivity contribution in [2.24, 2.45) is 11.3 Å². The summed E-state index contributed by atoms with van der Waals surface area (Å²) in [6.07, 6.45) is 5.70. The highest BCUT2D eigenvalue weighted by Gasteiger charge is 2.68. The molecule has 0 aromatic carbocycles. The second-order valence-electron chi connectivity index (χ2n) is 7.65. The fraction of sp³-hybridized carbons (Fsp3) is 0.647. The lowest BCUT2D eigenvalue weighted by Gasteiger charge is -2.61. The van der Waals surface area contributed by atoms with Gasteiger partial charge in [0, 0.05) is 30.8 Å². The minimum absolute atomic E-state index is 0.00180. The number of rotatable bonds is 0. The van der Waals surface area contributed by atoms with E-state index in [9.17, 15) is 15.4 Å². The lowest BCUT2D eigenvalue weighted by molar-refractivity contribution is -0.899. The Kier molecular flexibility index (Phi) is 2.26. The summed E-state index contributed by atoms with van der Waals surface area (Å²) in [6, 6.07) is 0.00180. The van der Waals surface area contributed by atoms with Crippen LogP contribution >= 0.6 is 0 Å². The van der Waals surface area contributed by atoms with E-state index in [1.807, 2.05) is 6.08 Å². The van der Waals surface area contributed by atoms with E-state index in [2.05, 4.69) is 0 Å². The molecule has 2 bridgehead atoms. The highest BCUT2D eigenvalue weighted by Crippen LogP contribution is 2.66. The van der Waals surface area contributed by atoms with Crippen molar-refractivity contribution in [1.82, 2.24) is 0 Å². The van der Waals surface area contributed by atoms with Gasteiger partial charge in [0.15, 0.2) is 5.76 Å². The molecule has 5 heteroatoms. The van der Waals surface area contributed by atoms with E-state index in [-0.39, 0.29) is 28.1 Å². The Morgan fingerprint density at radius 1 is 1.36 bits per heavy atom. The van der Waals surface area contributed by atoms with Gasteiger partial charge in [0.25, 0.3) is 0 Å². The third kappa shape index (κ3) is 1.28. The lowest BCUT2D eigenvalue weighted by Crippen LogP contribution is -2.66. The number of piperidine rings is 1. The van der Waals surface area contributed by atoms with Gasteiger partial charge in [-0.1, -0.05) is 17.7 Å².